The number of likely N-dealkylation sites (tertiary alicyclic amines) is 1. The highest BCUT2D eigenvalue weighted by Crippen LogP contribution is 2.38. The summed E-state index contributed by atoms with van der Waals surface area (Å²) in [6.07, 6.45) is 7.32. The van der Waals surface area contributed by atoms with E-state index in [4.69, 9.17) is 4.74 Å². The summed E-state index contributed by atoms with van der Waals surface area (Å²) in [6.45, 7) is 3.99. The number of ether oxygens (including phenoxy) is 1. The van der Waals surface area contributed by atoms with Gasteiger partial charge >= 0.3 is 0 Å². The molecule has 3 aliphatic rings. The SMILES string of the molecule is CN(C)C(=O)CN=C(NC1CCCC1)N1CCC2(CCOC2)C1.I. The fourth-order valence-electron chi connectivity index (χ4n) is 3.86. The first-order valence-electron chi connectivity index (χ1n) is 8.92. The van der Waals surface area contributed by atoms with Crippen LogP contribution in [0.3, 0.4) is 0 Å². The van der Waals surface area contributed by atoms with Gasteiger partial charge in [0.15, 0.2) is 5.96 Å². The Morgan fingerprint density at radius 3 is 2.71 bits per heavy atom. The second-order valence-electron chi connectivity index (χ2n) is 7.53. The van der Waals surface area contributed by atoms with E-state index in [9.17, 15) is 4.79 Å². The molecule has 1 spiro atoms. The molecule has 1 N–H and O–H groups in total. The Hall–Kier alpha value is -0.570. The average molecular weight is 450 g/mol. The largest absolute Gasteiger partial charge is 0.381 e. The van der Waals surface area contributed by atoms with Crippen LogP contribution < -0.4 is 5.32 Å². The molecule has 24 heavy (non-hydrogen) atoms. The van der Waals surface area contributed by atoms with Gasteiger partial charge in [0.25, 0.3) is 0 Å². The van der Waals surface area contributed by atoms with Gasteiger partial charge in [-0.05, 0) is 25.7 Å². The second-order valence-corrected chi connectivity index (χ2v) is 7.53. The summed E-state index contributed by atoms with van der Waals surface area (Å²) >= 11 is 0. The van der Waals surface area contributed by atoms with Crippen molar-refractivity contribution >= 4 is 35.8 Å². The lowest BCUT2D eigenvalue weighted by atomic mass is 9.87. The molecule has 1 atom stereocenters. The molecule has 0 aromatic rings. The number of nitrogens with one attached hydrogen (secondary N) is 1. The molecule has 6 nitrogen and oxygen atoms in total. The van der Waals surface area contributed by atoms with Gasteiger partial charge < -0.3 is 19.9 Å². The van der Waals surface area contributed by atoms with Crippen molar-refractivity contribution in [3.63, 3.8) is 0 Å². The van der Waals surface area contributed by atoms with Gasteiger partial charge in [0, 0.05) is 45.2 Å². The van der Waals surface area contributed by atoms with Crippen molar-refractivity contribution < 1.29 is 9.53 Å². The van der Waals surface area contributed by atoms with Crippen molar-refractivity contribution in [2.24, 2.45) is 10.4 Å². The second kappa shape index (κ2) is 8.69. The molecule has 138 valence electrons. The Bertz CT molecular complexity index is 458. The molecule has 7 heteroatoms. The summed E-state index contributed by atoms with van der Waals surface area (Å²) in [5.74, 6) is 0.977. The van der Waals surface area contributed by atoms with Gasteiger partial charge in [-0.25, -0.2) is 4.99 Å². The van der Waals surface area contributed by atoms with E-state index in [1.807, 2.05) is 0 Å². The lowest BCUT2D eigenvalue weighted by molar-refractivity contribution is -0.127. The van der Waals surface area contributed by atoms with E-state index in [-0.39, 0.29) is 36.4 Å². The monoisotopic (exact) mass is 450 g/mol. The molecule has 0 radical (unpaired) electrons. The number of rotatable bonds is 3. The van der Waals surface area contributed by atoms with E-state index in [0.29, 0.717) is 11.5 Å². The molecule has 3 fully saturated rings. The molecule has 1 aliphatic carbocycles. The smallest absolute Gasteiger partial charge is 0.243 e. The number of amides is 1. The first kappa shape index (κ1) is 19.8. The minimum Gasteiger partial charge on any atom is -0.381 e. The molecular weight excluding hydrogens is 419 g/mol. The summed E-state index contributed by atoms with van der Waals surface area (Å²) in [7, 11) is 3.56. The van der Waals surface area contributed by atoms with Crippen LogP contribution in [-0.2, 0) is 9.53 Å². The van der Waals surface area contributed by atoms with E-state index in [0.717, 1.165) is 38.7 Å². The minimum absolute atomic E-state index is 0. The number of aliphatic imine (C=N–C) groups is 1. The quantitative estimate of drug-likeness (QED) is 0.404. The Balaban J connectivity index is 0.00000208. The molecule has 1 saturated carbocycles. The number of hydrogen-bond donors (Lipinski definition) is 1. The maximum atomic E-state index is 11.9. The van der Waals surface area contributed by atoms with Gasteiger partial charge in [-0.2, -0.15) is 0 Å². The fraction of sp³-hybridized carbons (Fsp3) is 0.882. The first-order valence-corrected chi connectivity index (χ1v) is 8.92. The predicted octanol–water partition coefficient (Wildman–Crippen LogP) is 1.69. The fourth-order valence-corrected chi connectivity index (χ4v) is 3.86. The first-order chi connectivity index (χ1) is 11.1. The average Bonchev–Trinajstić information content (AvgIpc) is 3.27. The van der Waals surface area contributed by atoms with Crippen LogP contribution in [0.25, 0.3) is 0 Å². The van der Waals surface area contributed by atoms with E-state index in [1.165, 1.54) is 32.1 Å². The van der Waals surface area contributed by atoms with Crippen molar-refractivity contribution in [2.75, 3.05) is 46.9 Å². The number of carbonyl (C=O) groups excluding carboxylic acids is 1. The summed E-state index contributed by atoms with van der Waals surface area (Å²) < 4.78 is 5.63. The van der Waals surface area contributed by atoms with Crippen LogP contribution in [0, 0.1) is 5.41 Å². The lowest BCUT2D eigenvalue weighted by Crippen LogP contribution is -2.45. The molecule has 0 aromatic heterocycles. The summed E-state index contributed by atoms with van der Waals surface area (Å²) in [4.78, 5) is 20.5. The zero-order valence-electron chi connectivity index (χ0n) is 14.9. The highest BCUT2D eigenvalue weighted by molar-refractivity contribution is 14.0. The van der Waals surface area contributed by atoms with Crippen LogP contribution in [0.1, 0.15) is 38.5 Å². The van der Waals surface area contributed by atoms with Gasteiger partial charge in [0.2, 0.25) is 5.91 Å². The topological polar surface area (TPSA) is 57.2 Å². The van der Waals surface area contributed by atoms with Gasteiger partial charge in [-0.3, -0.25) is 4.79 Å². The van der Waals surface area contributed by atoms with Crippen LogP contribution in [-0.4, -0.2) is 74.7 Å². The van der Waals surface area contributed by atoms with E-state index in [2.05, 4.69) is 15.2 Å². The maximum Gasteiger partial charge on any atom is 0.243 e. The van der Waals surface area contributed by atoms with Gasteiger partial charge in [0.1, 0.15) is 6.54 Å². The van der Waals surface area contributed by atoms with E-state index in [1.54, 1.807) is 19.0 Å². The van der Waals surface area contributed by atoms with Crippen LogP contribution in [0.5, 0.6) is 0 Å². The third-order valence-electron chi connectivity index (χ3n) is 5.47. The summed E-state index contributed by atoms with van der Waals surface area (Å²) in [5.41, 5.74) is 0.309. The van der Waals surface area contributed by atoms with E-state index < -0.39 is 0 Å². The highest BCUT2D eigenvalue weighted by atomic mass is 127. The number of guanidine groups is 1. The lowest BCUT2D eigenvalue weighted by Gasteiger charge is -2.27. The van der Waals surface area contributed by atoms with Crippen LogP contribution in [0.15, 0.2) is 4.99 Å². The zero-order chi connectivity index (χ0) is 16.3. The van der Waals surface area contributed by atoms with Crippen molar-refractivity contribution in [3.05, 3.63) is 0 Å². The summed E-state index contributed by atoms with van der Waals surface area (Å²) in [6, 6.07) is 0.514. The zero-order valence-corrected chi connectivity index (χ0v) is 17.3. The third-order valence-corrected chi connectivity index (χ3v) is 5.47. The molecule has 0 aromatic carbocycles. The molecule has 3 rings (SSSR count). The van der Waals surface area contributed by atoms with Crippen molar-refractivity contribution in [1.29, 1.82) is 0 Å². The van der Waals surface area contributed by atoms with Crippen molar-refractivity contribution in [1.82, 2.24) is 15.1 Å². The van der Waals surface area contributed by atoms with Crippen LogP contribution in [0.2, 0.25) is 0 Å². The van der Waals surface area contributed by atoms with Gasteiger partial charge in [0.05, 0.1) is 6.61 Å². The normalized spacial score (nSPS) is 27.6. The maximum absolute atomic E-state index is 11.9. The van der Waals surface area contributed by atoms with Gasteiger partial charge in [-0.15, -0.1) is 24.0 Å². The highest BCUT2D eigenvalue weighted by Gasteiger charge is 2.42. The molecule has 0 bridgehead atoms. The number of halogens is 1. The molecular formula is C17H31IN4O2. The van der Waals surface area contributed by atoms with Crippen molar-refractivity contribution in [3.8, 4) is 0 Å². The Kier molecular flexibility index (Phi) is 7.15. The number of nitrogens with zero attached hydrogens (tertiary/aromatic N) is 3. The minimum atomic E-state index is 0. The van der Waals surface area contributed by atoms with E-state index >= 15 is 0 Å². The van der Waals surface area contributed by atoms with Gasteiger partial charge in [-0.1, -0.05) is 12.8 Å². The molecule has 2 saturated heterocycles. The molecule has 2 heterocycles. The van der Waals surface area contributed by atoms with Crippen LogP contribution >= 0.6 is 24.0 Å². The molecule has 1 amide bonds. The Labute approximate surface area is 162 Å². The summed E-state index contributed by atoms with van der Waals surface area (Å²) in [5, 5.41) is 3.62. The van der Waals surface area contributed by atoms with Crippen molar-refractivity contribution in [2.45, 2.75) is 44.6 Å². The third kappa shape index (κ3) is 4.74. The Morgan fingerprint density at radius 1 is 1.33 bits per heavy atom. The Morgan fingerprint density at radius 2 is 2.08 bits per heavy atom. The molecule has 2 aliphatic heterocycles. The predicted molar refractivity (Wildman–Crippen MR) is 106 cm³/mol. The van der Waals surface area contributed by atoms with Crippen LogP contribution in [0.4, 0.5) is 0 Å². The number of hydrogen-bond acceptors (Lipinski definition) is 3. The molecule has 1 unspecified atom stereocenters. The number of carbonyl (C=O) groups is 1. The standard InChI is InChI=1S/C17H30N4O2.HI/c1-20(2)15(22)11-18-16(19-14-5-3-4-6-14)21-9-7-17(12-21)8-10-23-13-17;/h14H,3-13H2,1-2H3,(H,18,19);1H. The number of likely N-dealkylation sites (N-methyl/N-ethyl adjacent to an activating group) is 1.